The Balaban J connectivity index is 3.45. The van der Waals surface area contributed by atoms with Gasteiger partial charge in [-0.2, -0.15) is 0 Å². The highest BCUT2D eigenvalue weighted by Crippen LogP contribution is 1.92. The first-order valence-corrected chi connectivity index (χ1v) is 2.72. The quantitative estimate of drug-likeness (QED) is 0.568. The molecule has 0 fully saturated rings. The smallest absolute Gasteiger partial charge is 0.341 e. The maximum atomic E-state index is 10.3. The fourth-order valence-corrected chi connectivity index (χ4v) is 0.429. The van der Waals surface area contributed by atoms with Crippen LogP contribution in [0.5, 0.6) is 0 Å². The van der Waals surface area contributed by atoms with Crippen molar-refractivity contribution in [1.82, 2.24) is 0 Å². The maximum Gasteiger partial charge on any atom is 0.341 e. The molecule has 0 rings (SSSR count). The number of aliphatic hydroxyl groups is 1. The second-order valence-corrected chi connectivity index (χ2v) is 1.67. The number of halogens is 1. The average Bonchev–Trinajstić information content (AvgIpc) is 1.87. The molecule has 3 N–H and O–H groups in total. The highest BCUT2D eigenvalue weighted by atomic mass is 35.5. The zero-order valence-corrected chi connectivity index (χ0v) is 5.47. The fourth-order valence-electron chi connectivity index (χ4n) is 0.314. The van der Waals surface area contributed by atoms with Crippen LogP contribution in [0, 0.1) is 0 Å². The maximum absolute atomic E-state index is 10.3. The standard InChI is InChI=1S/C4H8ClNO3/c5-9-4(8)3(6)1-2-7/h3,7H,1-2,6H2/t3-/m0/s1. The molecule has 4 nitrogen and oxygen atoms in total. The zero-order valence-electron chi connectivity index (χ0n) is 4.71. The van der Waals surface area contributed by atoms with Gasteiger partial charge in [0, 0.05) is 6.61 Å². The van der Waals surface area contributed by atoms with Crippen molar-refractivity contribution in [2.75, 3.05) is 6.61 Å². The fraction of sp³-hybridized carbons (Fsp3) is 0.750. The first-order valence-electron chi connectivity index (χ1n) is 2.41. The molecule has 0 aromatic rings. The predicted molar refractivity (Wildman–Crippen MR) is 31.6 cm³/mol. The van der Waals surface area contributed by atoms with Gasteiger partial charge < -0.3 is 15.1 Å². The van der Waals surface area contributed by atoms with Crippen LogP contribution in [-0.2, 0) is 9.08 Å². The molecule has 0 aliphatic heterocycles. The summed E-state index contributed by atoms with van der Waals surface area (Å²) in [5.41, 5.74) is 5.12. The number of carbonyl (C=O) groups is 1. The van der Waals surface area contributed by atoms with E-state index in [0.29, 0.717) is 0 Å². The van der Waals surface area contributed by atoms with E-state index in [-0.39, 0.29) is 13.0 Å². The zero-order chi connectivity index (χ0) is 7.28. The van der Waals surface area contributed by atoms with Crippen molar-refractivity contribution in [3.8, 4) is 0 Å². The Morgan fingerprint density at radius 2 is 2.44 bits per heavy atom. The van der Waals surface area contributed by atoms with Crippen LogP contribution in [0.4, 0.5) is 0 Å². The second kappa shape index (κ2) is 4.55. The van der Waals surface area contributed by atoms with Crippen LogP contribution in [0.15, 0.2) is 0 Å². The molecule has 5 heteroatoms. The van der Waals surface area contributed by atoms with Gasteiger partial charge in [0.15, 0.2) is 0 Å². The summed E-state index contributed by atoms with van der Waals surface area (Å²) >= 11 is 4.67. The molecule has 1 atom stereocenters. The van der Waals surface area contributed by atoms with E-state index in [1.165, 1.54) is 0 Å². The minimum Gasteiger partial charge on any atom is -0.396 e. The number of rotatable bonds is 3. The summed E-state index contributed by atoms with van der Waals surface area (Å²) in [6, 6.07) is -0.813. The van der Waals surface area contributed by atoms with E-state index in [1.54, 1.807) is 0 Å². The summed E-state index contributed by atoms with van der Waals surface area (Å²) in [5.74, 6) is -0.717. The van der Waals surface area contributed by atoms with E-state index < -0.39 is 12.0 Å². The third kappa shape index (κ3) is 3.29. The molecule has 0 amide bonds. The highest BCUT2D eigenvalue weighted by molar-refractivity contribution is 6.13. The molecule has 0 aliphatic rings. The Morgan fingerprint density at radius 3 is 2.78 bits per heavy atom. The van der Waals surface area contributed by atoms with Crippen molar-refractivity contribution in [3.05, 3.63) is 0 Å². The minimum absolute atomic E-state index is 0.146. The monoisotopic (exact) mass is 153 g/mol. The van der Waals surface area contributed by atoms with Gasteiger partial charge in [-0.15, -0.1) is 0 Å². The molecular weight excluding hydrogens is 146 g/mol. The molecule has 0 aromatic heterocycles. The van der Waals surface area contributed by atoms with Crippen LogP contribution in [-0.4, -0.2) is 23.7 Å². The van der Waals surface area contributed by atoms with Gasteiger partial charge in [0.05, 0.1) is 0 Å². The Hall–Kier alpha value is -0.320. The molecular formula is C4H8ClNO3. The lowest BCUT2D eigenvalue weighted by Gasteiger charge is -2.02. The summed E-state index contributed by atoms with van der Waals surface area (Å²) in [6.07, 6.45) is 0.172. The topological polar surface area (TPSA) is 72.5 Å². The number of hydrogen-bond acceptors (Lipinski definition) is 4. The van der Waals surface area contributed by atoms with Crippen LogP contribution in [0.25, 0.3) is 0 Å². The summed E-state index contributed by atoms with van der Waals surface area (Å²) in [4.78, 5) is 10.3. The number of aliphatic hydroxyl groups excluding tert-OH is 1. The average molecular weight is 154 g/mol. The van der Waals surface area contributed by atoms with Gasteiger partial charge in [0.25, 0.3) is 0 Å². The van der Waals surface area contributed by atoms with Crippen LogP contribution in [0.1, 0.15) is 6.42 Å². The Labute approximate surface area is 57.7 Å². The van der Waals surface area contributed by atoms with Gasteiger partial charge in [0.1, 0.15) is 17.9 Å². The Kier molecular flexibility index (Phi) is 4.39. The van der Waals surface area contributed by atoms with E-state index in [9.17, 15) is 4.79 Å². The molecule has 0 unspecified atom stereocenters. The Bertz CT molecular complexity index is 97.8. The molecule has 54 valence electrons. The van der Waals surface area contributed by atoms with Crippen molar-refractivity contribution in [2.45, 2.75) is 12.5 Å². The van der Waals surface area contributed by atoms with Crippen molar-refractivity contribution in [3.63, 3.8) is 0 Å². The molecule has 0 bridgehead atoms. The normalized spacial score (nSPS) is 12.8. The molecule has 0 heterocycles. The lowest BCUT2D eigenvalue weighted by atomic mass is 10.2. The van der Waals surface area contributed by atoms with Crippen LogP contribution in [0.2, 0.25) is 0 Å². The van der Waals surface area contributed by atoms with Crippen LogP contribution >= 0.6 is 11.9 Å². The van der Waals surface area contributed by atoms with Gasteiger partial charge in [-0.3, -0.25) is 0 Å². The van der Waals surface area contributed by atoms with Crippen molar-refractivity contribution in [2.24, 2.45) is 5.73 Å². The summed E-state index contributed by atoms with van der Waals surface area (Å²) < 4.78 is 3.76. The van der Waals surface area contributed by atoms with Gasteiger partial charge in [0.2, 0.25) is 0 Å². The van der Waals surface area contributed by atoms with Gasteiger partial charge >= 0.3 is 5.97 Å². The third-order valence-electron chi connectivity index (χ3n) is 0.819. The molecule has 0 radical (unpaired) electrons. The van der Waals surface area contributed by atoms with E-state index >= 15 is 0 Å². The lowest BCUT2D eigenvalue weighted by molar-refractivity contribution is -0.135. The molecule has 0 aromatic carbocycles. The number of nitrogens with two attached hydrogens (primary N) is 1. The third-order valence-corrected chi connectivity index (χ3v) is 0.971. The summed E-state index contributed by atoms with van der Waals surface area (Å²) in [5, 5.41) is 8.25. The van der Waals surface area contributed by atoms with E-state index in [4.69, 9.17) is 10.8 Å². The van der Waals surface area contributed by atoms with E-state index in [2.05, 4.69) is 16.2 Å². The van der Waals surface area contributed by atoms with Gasteiger partial charge in [-0.05, 0) is 6.42 Å². The van der Waals surface area contributed by atoms with Crippen molar-refractivity contribution >= 4 is 17.8 Å². The van der Waals surface area contributed by atoms with E-state index in [0.717, 1.165) is 0 Å². The first-order chi connectivity index (χ1) is 4.22. The molecule has 0 aliphatic carbocycles. The SMILES string of the molecule is N[C@@H](CCO)C(=O)OCl. The van der Waals surface area contributed by atoms with Crippen molar-refractivity contribution < 1.29 is 14.2 Å². The van der Waals surface area contributed by atoms with Gasteiger partial charge in [-0.1, -0.05) is 0 Å². The van der Waals surface area contributed by atoms with E-state index in [1.807, 2.05) is 0 Å². The lowest BCUT2D eigenvalue weighted by Crippen LogP contribution is -2.31. The summed E-state index contributed by atoms with van der Waals surface area (Å²) in [7, 11) is 0. The number of hydrogen-bond donors (Lipinski definition) is 2. The van der Waals surface area contributed by atoms with Gasteiger partial charge in [-0.25, -0.2) is 4.79 Å². The molecule has 0 saturated heterocycles. The van der Waals surface area contributed by atoms with Crippen LogP contribution in [0.3, 0.4) is 0 Å². The molecule has 0 saturated carbocycles. The number of carbonyl (C=O) groups excluding carboxylic acids is 1. The second-order valence-electron chi connectivity index (χ2n) is 1.51. The van der Waals surface area contributed by atoms with Crippen molar-refractivity contribution in [1.29, 1.82) is 0 Å². The van der Waals surface area contributed by atoms with Crippen LogP contribution < -0.4 is 5.73 Å². The minimum atomic E-state index is -0.813. The first kappa shape index (κ1) is 8.68. The molecule has 9 heavy (non-hydrogen) atoms. The predicted octanol–water partition coefficient (Wildman–Crippen LogP) is -0.607. The highest BCUT2D eigenvalue weighted by Gasteiger charge is 2.12. The largest absolute Gasteiger partial charge is 0.396 e. The summed E-state index contributed by atoms with van der Waals surface area (Å²) in [6.45, 7) is -0.146. The Morgan fingerprint density at radius 1 is 1.89 bits per heavy atom. The molecule has 0 spiro atoms.